The monoisotopic (exact) mass is 286 g/mol. The van der Waals surface area contributed by atoms with Gasteiger partial charge in [0.1, 0.15) is 17.2 Å². The van der Waals surface area contributed by atoms with Crippen molar-refractivity contribution in [2.24, 2.45) is 7.05 Å². The van der Waals surface area contributed by atoms with E-state index in [4.69, 9.17) is 0 Å². The van der Waals surface area contributed by atoms with E-state index in [1.54, 1.807) is 19.3 Å². The lowest BCUT2D eigenvalue weighted by Gasteiger charge is -2.06. The molecule has 0 aliphatic carbocycles. The molecular weight excluding hydrogens is 275 g/mol. The van der Waals surface area contributed by atoms with Gasteiger partial charge < -0.3 is 10.1 Å². The molecule has 3 aromatic rings. The van der Waals surface area contributed by atoms with E-state index in [1.807, 2.05) is 0 Å². The zero-order valence-corrected chi connectivity index (χ0v) is 11.0. The van der Waals surface area contributed by atoms with Gasteiger partial charge in [0, 0.05) is 18.8 Å². The lowest BCUT2D eigenvalue weighted by molar-refractivity contribution is 0.453. The van der Waals surface area contributed by atoms with E-state index in [0.717, 1.165) is 0 Å². The van der Waals surface area contributed by atoms with E-state index >= 15 is 0 Å². The summed E-state index contributed by atoms with van der Waals surface area (Å²) in [4.78, 5) is 18.6. The minimum atomic E-state index is -0.619. The molecule has 0 aliphatic rings. The summed E-state index contributed by atoms with van der Waals surface area (Å²) in [6.07, 6.45) is 3.14. The first-order valence-electron chi connectivity index (χ1n) is 6.13. The van der Waals surface area contributed by atoms with E-state index in [0.29, 0.717) is 5.56 Å². The van der Waals surface area contributed by atoms with E-state index in [1.165, 1.54) is 29.1 Å². The van der Waals surface area contributed by atoms with E-state index in [2.05, 4.69) is 15.1 Å². The zero-order chi connectivity index (χ0) is 15.0. The fourth-order valence-electron chi connectivity index (χ4n) is 2.05. The number of H-pyrrole nitrogens is 1. The van der Waals surface area contributed by atoms with Crippen molar-refractivity contribution < 1.29 is 9.50 Å². The molecule has 0 fully saturated rings. The maximum Gasteiger partial charge on any atom is 0.263 e. The zero-order valence-electron chi connectivity index (χ0n) is 11.0. The maximum absolute atomic E-state index is 13.8. The quantitative estimate of drug-likeness (QED) is 0.750. The van der Waals surface area contributed by atoms with Gasteiger partial charge in [0.05, 0.1) is 11.8 Å². The highest BCUT2D eigenvalue weighted by Gasteiger charge is 2.17. The van der Waals surface area contributed by atoms with Gasteiger partial charge in [-0.05, 0) is 6.07 Å². The third-order valence-electron chi connectivity index (χ3n) is 3.02. The molecular formula is C14H11FN4O2. The molecule has 0 aliphatic heterocycles. The number of nitrogens with zero attached hydrogens (tertiary/aromatic N) is 3. The molecule has 7 heteroatoms. The highest BCUT2D eigenvalue weighted by Crippen LogP contribution is 2.27. The molecule has 1 aromatic carbocycles. The van der Waals surface area contributed by atoms with Gasteiger partial charge in [-0.2, -0.15) is 10.1 Å². The number of aromatic amines is 1. The van der Waals surface area contributed by atoms with Gasteiger partial charge >= 0.3 is 0 Å². The van der Waals surface area contributed by atoms with E-state index in [-0.39, 0.29) is 17.0 Å². The van der Waals surface area contributed by atoms with Crippen LogP contribution in [0.25, 0.3) is 22.5 Å². The molecule has 0 amide bonds. The number of aryl methyl sites for hydroxylation is 1. The summed E-state index contributed by atoms with van der Waals surface area (Å²) >= 11 is 0. The number of nitrogens with one attached hydrogen (secondary N) is 1. The lowest BCUT2D eigenvalue weighted by atomic mass is 10.1. The molecule has 0 spiro atoms. The minimum absolute atomic E-state index is 0.00138. The Balaban J connectivity index is 2.18. The standard InChI is InChI=1S/C14H11FN4O2/c1-19-7-8(6-16-19)12-17-13(20)11(14(21)18-12)9-4-2-3-5-10(9)15/h2-7H,1H3,(H2,17,18,20,21). The Bertz CT molecular complexity index is 869. The second-order valence-electron chi connectivity index (χ2n) is 4.50. The van der Waals surface area contributed by atoms with Gasteiger partial charge in [-0.3, -0.25) is 9.48 Å². The summed E-state index contributed by atoms with van der Waals surface area (Å²) in [5.41, 5.74) is -0.265. The minimum Gasteiger partial charge on any atom is -0.493 e. The topological polar surface area (TPSA) is 83.8 Å². The average molecular weight is 286 g/mol. The highest BCUT2D eigenvalue weighted by atomic mass is 19.1. The van der Waals surface area contributed by atoms with E-state index < -0.39 is 17.3 Å². The molecule has 2 heterocycles. The third-order valence-corrected chi connectivity index (χ3v) is 3.02. The number of halogens is 1. The van der Waals surface area contributed by atoms with Gasteiger partial charge in [-0.25, -0.2) is 4.39 Å². The molecule has 2 aromatic heterocycles. The normalized spacial score (nSPS) is 10.8. The molecule has 2 N–H and O–H groups in total. The fourth-order valence-corrected chi connectivity index (χ4v) is 2.05. The van der Waals surface area contributed by atoms with Gasteiger partial charge in [0.25, 0.3) is 5.56 Å². The first kappa shape index (κ1) is 13.0. The summed E-state index contributed by atoms with van der Waals surface area (Å²) in [5.74, 6) is -0.956. The van der Waals surface area contributed by atoms with Crippen LogP contribution in [0.1, 0.15) is 0 Å². The first-order valence-corrected chi connectivity index (χ1v) is 6.13. The largest absolute Gasteiger partial charge is 0.493 e. The van der Waals surface area contributed by atoms with Crippen LogP contribution in [0.2, 0.25) is 0 Å². The Labute approximate surface area is 118 Å². The van der Waals surface area contributed by atoms with Crippen LogP contribution in [0.15, 0.2) is 41.5 Å². The summed E-state index contributed by atoms with van der Waals surface area (Å²) in [7, 11) is 1.72. The smallest absolute Gasteiger partial charge is 0.263 e. The number of rotatable bonds is 2. The Hall–Kier alpha value is -2.96. The fraction of sp³-hybridized carbons (Fsp3) is 0.0714. The van der Waals surface area contributed by atoms with Crippen molar-refractivity contribution in [3.8, 4) is 28.4 Å². The molecule has 0 saturated heterocycles. The van der Waals surface area contributed by atoms with Crippen LogP contribution in [0, 0.1) is 5.82 Å². The van der Waals surface area contributed by atoms with Crippen LogP contribution < -0.4 is 5.56 Å². The number of benzene rings is 1. The Kier molecular flexibility index (Phi) is 3.02. The number of hydrogen-bond donors (Lipinski definition) is 2. The van der Waals surface area contributed by atoms with Crippen LogP contribution in [0.3, 0.4) is 0 Å². The highest BCUT2D eigenvalue weighted by molar-refractivity contribution is 5.69. The molecule has 3 rings (SSSR count). The van der Waals surface area contributed by atoms with E-state index in [9.17, 15) is 14.3 Å². The van der Waals surface area contributed by atoms with Gasteiger partial charge in [-0.15, -0.1) is 0 Å². The van der Waals surface area contributed by atoms with Crippen LogP contribution in [-0.2, 0) is 7.05 Å². The number of hydrogen-bond acceptors (Lipinski definition) is 4. The van der Waals surface area contributed by atoms with Crippen LogP contribution in [-0.4, -0.2) is 24.9 Å². The summed E-state index contributed by atoms with van der Waals surface area (Å²) in [6.45, 7) is 0. The predicted octanol–water partition coefficient (Wildman–Crippen LogP) is 1.68. The van der Waals surface area contributed by atoms with Crippen molar-refractivity contribution in [1.29, 1.82) is 0 Å². The summed E-state index contributed by atoms with van der Waals surface area (Å²) in [5, 5.41) is 14.0. The molecule has 0 atom stereocenters. The van der Waals surface area contributed by atoms with Crippen LogP contribution in [0.5, 0.6) is 5.88 Å². The molecule has 21 heavy (non-hydrogen) atoms. The SMILES string of the molecule is Cn1cc(-c2nc(O)c(-c3ccccc3F)c(=O)[nH]2)cn1. The molecule has 0 saturated carbocycles. The van der Waals surface area contributed by atoms with Crippen molar-refractivity contribution in [3.63, 3.8) is 0 Å². The third kappa shape index (κ3) is 2.29. The summed E-state index contributed by atoms with van der Waals surface area (Å²) in [6, 6.07) is 5.70. The summed E-state index contributed by atoms with van der Waals surface area (Å²) < 4.78 is 15.3. The van der Waals surface area contributed by atoms with Gasteiger partial charge in [0.15, 0.2) is 0 Å². The van der Waals surface area contributed by atoms with Gasteiger partial charge in [-0.1, -0.05) is 18.2 Å². The van der Waals surface area contributed by atoms with Crippen molar-refractivity contribution in [3.05, 3.63) is 52.8 Å². The average Bonchev–Trinajstić information content (AvgIpc) is 2.87. The van der Waals surface area contributed by atoms with Gasteiger partial charge in [0.2, 0.25) is 5.88 Å². The van der Waals surface area contributed by atoms with Crippen LogP contribution in [0.4, 0.5) is 4.39 Å². The Morgan fingerprint density at radius 1 is 1.33 bits per heavy atom. The first-order chi connectivity index (χ1) is 10.1. The van der Waals surface area contributed by atoms with Crippen molar-refractivity contribution in [2.45, 2.75) is 0 Å². The number of aromatic nitrogens is 4. The second kappa shape index (κ2) is 4.86. The number of aromatic hydroxyl groups is 1. The molecule has 106 valence electrons. The second-order valence-corrected chi connectivity index (χ2v) is 4.50. The molecule has 0 radical (unpaired) electrons. The van der Waals surface area contributed by atoms with Crippen LogP contribution >= 0.6 is 0 Å². The Morgan fingerprint density at radius 2 is 2.10 bits per heavy atom. The maximum atomic E-state index is 13.8. The predicted molar refractivity (Wildman–Crippen MR) is 74.1 cm³/mol. The van der Waals surface area contributed by atoms with Crippen molar-refractivity contribution in [1.82, 2.24) is 19.7 Å². The molecule has 0 bridgehead atoms. The molecule has 0 unspecified atom stereocenters. The van der Waals surface area contributed by atoms with Crippen molar-refractivity contribution in [2.75, 3.05) is 0 Å². The Morgan fingerprint density at radius 3 is 2.71 bits per heavy atom. The van der Waals surface area contributed by atoms with Crippen molar-refractivity contribution >= 4 is 0 Å². The lowest BCUT2D eigenvalue weighted by Crippen LogP contribution is -2.12. The molecule has 6 nitrogen and oxygen atoms in total.